The minimum atomic E-state index is 0.530. The molecule has 2 aromatic rings. The van der Waals surface area contributed by atoms with Crippen LogP contribution in [0.15, 0.2) is 30.5 Å². The molecule has 1 aliphatic heterocycles. The number of rotatable bonds is 5. The number of hydrogen-bond acceptors (Lipinski definition) is 4. The quantitative estimate of drug-likeness (QED) is 0.848. The van der Waals surface area contributed by atoms with E-state index in [0.29, 0.717) is 6.04 Å². The second kappa shape index (κ2) is 6.18. The molecule has 1 unspecified atom stereocenters. The van der Waals surface area contributed by atoms with E-state index >= 15 is 0 Å². The van der Waals surface area contributed by atoms with Crippen molar-refractivity contribution in [1.82, 2.24) is 15.3 Å². The van der Waals surface area contributed by atoms with Gasteiger partial charge in [-0.25, -0.2) is 9.97 Å². The molecular formula is C16H22N4. The van der Waals surface area contributed by atoms with E-state index in [4.69, 9.17) is 4.98 Å². The van der Waals surface area contributed by atoms with Gasteiger partial charge in [-0.3, -0.25) is 0 Å². The van der Waals surface area contributed by atoms with Crippen LogP contribution in [0.1, 0.15) is 26.2 Å². The molecule has 0 radical (unpaired) electrons. The molecule has 1 aliphatic rings. The van der Waals surface area contributed by atoms with Gasteiger partial charge < -0.3 is 10.2 Å². The van der Waals surface area contributed by atoms with Crippen molar-refractivity contribution in [1.29, 1.82) is 0 Å². The molecule has 20 heavy (non-hydrogen) atoms. The van der Waals surface area contributed by atoms with Crippen LogP contribution in [0.2, 0.25) is 0 Å². The Morgan fingerprint density at radius 2 is 2.25 bits per heavy atom. The maximum Gasteiger partial charge on any atom is 0.226 e. The van der Waals surface area contributed by atoms with E-state index in [9.17, 15) is 0 Å². The zero-order valence-electron chi connectivity index (χ0n) is 12.0. The van der Waals surface area contributed by atoms with Crippen LogP contribution in [0.4, 0.5) is 5.95 Å². The van der Waals surface area contributed by atoms with E-state index in [-0.39, 0.29) is 0 Å². The zero-order chi connectivity index (χ0) is 13.8. The highest BCUT2D eigenvalue weighted by molar-refractivity contribution is 5.78. The van der Waals surface area contributed by atoms with Crippen molar-refractivity contribution in [3.63, 3.8) is 0 Å². The van der Waals surface area contributed by atoms with E-state index in [1.807, 2.05) is 18.3 Å². The van der Waals surface area contributed by atoms with Gasteiger partial charge in [0.25, 0.3) is 0 Å². The number of aromatic nitrogens is 2. The van der Waals surface area contributed by atoms with Gasteiger partial charge in [0.2, 0.25) is 5.95 Å². The van der Waals surface area contributed by atoms with E-state index < -0.39 is 0 Å². The average Bonchev–Trinajstić information content (AvgIpc) is 2.95. The molecule has 1 saturated heterocycles. The van der Waals surface area contributed by atoms with Gasteiger partial charge in [-0.05, 0) is 31.9 Å². The third-order valence-corrected chi connectivity index (χ3v) is 3.92. The van der Waals surface area contributed by atoms with Crippen molar-refractivity contribution in [2.24, 2.45) is 0 Å². The monoisotopic (exact) mass is 270 g/mol. The molecule has 0 saturated carbocycles. The Bertz CT molecular complexity index is 569. The Balaban J connectivity index is 1.78. The Hall–Kier alpha value is -1.68. The minimum Gasteiger partial charge on any atom is -0.337 e. The number of nitrogens with zero attached hydrogens (tertiary/aromatic N) is 3. The van der Waals surface area contributed by atoms with Crippen molar-refractivity contribution >= 4 is 16.9 Å². The van der Waals surface area contributed by atoms with Crippen LogP contribution in [0.5, 0.6) is 0 Å². The van der Waals surface area contributed by atoms with Gasteiger partial charge in [-0.15, -0.1) is 0 Å². The summed E-state index contributed by atoms with van der Waals surface area (Å²) >= 11 is 0. The Morgan fingerprint density at radius 3 is 3.15 bits per heavy atom. The maximum atomic E-state index is 4.72. The van der Waals surface area contributed by atoms with E-state index in [0.717, 1.165) is 36.5 Å². The number of nitrogens with one attached hydrogen (secondary N) is 1. The fourth-order valence-electron chi connectivity index (χ4n) is 2.86. The van der Waals surface area contributed by atoms with Crippen molar-refractivity contribution in [2.75, 3.05) is 24.5 Å². The normalized spacial score (nSPS) is 18.9. The summed E-state index contributed by atoms with van der Waals surface area (Å²) in [6.07, 6.45) is 5.58. The molecule has 1 atom stereocenters. The van der Waals surface area contributed by atoms with Gasteiger partial charge in [0.05, 0.1) is 5.52 Å². The molecule has 3 rings (SSSR count). The summed E-state index contributed by atoms with van der Waals surface area (Å²) in [6.45, 7) is 5.38. The largest absolute Gasteiger partial charge is 0.337 e. The minimum absolute atomic E-state index is 0.530. The molecule has 1 aromatic heterocycles. The number of anilines is 1. The van der Waals surface area contributed by atoms with Crippen molar-refractivity contribution in [3.05, 3.63) is 30.5 Å². The Labute approximate surface area is 120 Å². The van der Waals surface area contributed by atoms with Gasteiger partial charge in [-0.1, -0.05) is 25.1 Å². The summed E-state index contributed by atoms with van der Waals surface area (Å²) in [5.74, 6) is 0.879. The molecule has 4 heteroatoms. The van der Waals surface area contributed by atoms with Gasteiger partial charge in [0.15, 0.2) is 0 Å². The van der Waals surface area contributed by atoms with Crippen LogP contribution in [0, 0.1) is 0 Å². The second-order valence-corrected chi connectivity index (χ2v) is 5.42. The van der Waals surface area contributed by atoms with Crippen molar-refractivity contribution in [3.8, 4) is 0 Å². The fraction of sp³-hybridized carbons (Fsp3) is 0.500. The molecule has 1 N–H and O–H groups in total. The summed E-state index contributed by atoms with van der Waals surface area (Å²) in [5.41, 5.74) is 1.03. The molecule has 106 valence electrons. The van der Waals surface area contributed by atoms with Crippen LogP contribution in [-0.4, -0.2) is 35.6 Å². The van der Waals surface area contributed by atoms with Crippen LogP contribution >= 0.6 is 0 Å². The lowest BCUT2D eigenvalue weighted by Crippen LogP contribution is -2.39. The molecular weight excluding hydrogens is 248 g/mol. The Morgan fingerprint density at radius 1 is 1.35 bits per heavy atom. The predicted octanol–water partition coefficient (Wildman–Crippen LogP) is 2.60. The summed E-state index contributed by atoms with van der Waals surface area (Å²) < 4.78 is 0. The zero-order valence-corrected chi connectivity index (χ0v) is 12.0. The standard InChI is InChI=1S/C16H22N4/c1-2-9-17-12-14-7-5-10-20(14)16-18-11-13-6-3-4-8-15(13)19-16/h3-4,6,8,11,14,17H,2,5,7,9-10,12H2,1H3. The molecule has 0 aliphatic carbocycles. The lowest BCUT2D eigenvalue weighted by atomic mass is 10.2. The molecule has 0 amide bonds. The first-order valence-corrected chi connectivity index (χ1v) is 7.57. The third-order valence-electron chi connectivity index (χ3n) is 3.92. The summed E-state index contributed by atoms with van der Waals surface area (Å²) in [6, 6.07) is 8.70. The maximum absolute atomic E-state index is 4.72. The van der Waals surface area contributed by atoms with Crippen LogP contribution in [0.25, 0.3) is 10.9 Å². The summed E-state index contributed by atoms with van der Waals surface area (Å²) in [4.78, 5) is 11.6. The fourth-order valence-corrected chi connectivity index (χ4v) is 2.86. The van der Waals surface area contributed by atoms with Crippen molar-refractivity contribution in [2.45, 2.75) is 32.2 Å². The summed E-state index contributed by atoms with van der Waals surface area (Å²) in [7, 11) is 0. The molecule has 0 bridgehead atoms. The lowest BCUT2D eigenvalue weighted by Gasteiger charge is -2.25. The highest BCUT2D eigenvalue weighted by Gasteiger charge is 2.26. The van der Waals surface area contributed by atoms with Gasteiger partial charge in [0, 0.05) is 30.7 Å². The smallest absolute Gasteiger partial charge is 0.226 e. The average molecular weight is 270 g/mol. The van der Waals surface area contributed by atoms with Gasteiger partial charge >= 0.3 is 0 Å². The van der Waals surface area contributed by atoms with Gasteiger partial charge in [0.1, 0.15) is 0 Å². The molecule has 4 nitrogen and oxygen atoms in total. The number of fused-ring (bicyclic) bond motifs is 1. The highest BCUT2D eigenvalue weighted by atomic mass is 15.3. The van der Waals surface area contributed by atoms with Crippen molar-refractivity contribution < 1.29 is 0 Å². The number of hydrogen-bond donors (Lipinski definition) is 1. The molecule has 2 heterocycles. The van der Waals surface area contributed by atoms with E-state index in [2.05, 4.69) is 34.3 Å². The predicted molar refractivity (Wildman–Crippen MR) is 83.1 cm³/mol. The number of benzene rings is 1. The molecule has 0 spiro atoms. The second-order valence-electron chi connectivity index (χ2n) is 5.42. The highest BCUT2D eigenvalue weighted by Crippen LogP contribution is 2.23. The van der Waals surface area contributed by atoms with E-state index in [1.54, 1.807) is 0 Å². The molecule has 1 aromatic carbocycles. The first kappa shape index (κ1) is 13.3. The molecule has 1 fully saturated rings. The van der Waals surface area contributed by atoms with Gasteiger partial charge in [-0.2, -0.15) is 0 Å². The topological polar surface area (TPSA) is 41.0 Å². The Kier molecular flexibility index (Phi) is 4.11. The van der Waals surface area contributed by atoms with Crippen LogP contribution < -0.4 is 10.2 Å². The van der Waals surface area contributed by atoms with Crippen LogP contribution in [0.3, 0.4) is 0 Å². The first-order valence-electron chi connectivity index (χ1n) is 7.57. The number of para-hydroxylation sites is 1. The first-order chi connectivity index (χ1) is 9.88. The SMILES string of the molecule is CCCNCC1CCCN1c1ncc2ccccc2n1. The van der Waals surface area contributed by atoms with Crippen LogP contribution in [-0.2, 0) is 0 Å². The third kappa shape index (κ3) is 2.75. The summed E-state index contributed by atoms with van der Waals surface area (Å²) in [5, 5.41) is 4.62. The lowest BCUT2D eigenvalue weighted by molar-refractivity contribution is 0.566. The van der Waals surface area contributed by atoms with E-state index in [1.165, 1.54) is 19.3 Å².